The minimum Gasteiger partial charge on any atom is -0.496 e. The van der Waals surface area contributed by atoms with E-state index in [1.165, 1.54) is 0 Å². The van der Waals surface area contributed by atoms with Crippen LogP contribution in [0.25, 0.3) is 0 Å². The molecule has 0 N–H and O–H groups in total. The second-order valence-electron chi connectivity index (χ2n) is 6.22. The van der Waals surface area contributed by atoms with Gasteiger partial charge in [-0.05, 0) is 30.3 Å². The summed E-state index contributed by atoms with van der Waals surface area (Å²) in [7, 11) is 3.25. The SMILES string of the molecule is COc1ccc(Cl)cc1CN1CCN(C(=O)c2ccccc2OC)CC1. The monoisotopic (exact) mass is 374 g/mol. The van der Waals surface area contributed by atoms with Gasteiger partial charge in [-0.1, -0.05) is 23.7 Å². The molecule has 3 rings (SSSR count). The number of carbonyl (C=O) groups excluding carboxylic acids is 1. The molecule has 0 unspecified atom stereocenters. The summed E-state index contributed by atoms with van der Waals surface area (Å²) in [6.07, 6.45) is 0. The molecule has 6 heteroatoms. The van der Waals surface area contributed by atoms with E-state index in [0.29, 0.717) is 29.4 Å². The number of methoxy groups -OCH3 is 2. The maximum Gasteiger partial charge on any atom is 0.257 e. The van der Waals surface area contributed by atoms with Gasteiger partial charge in [0.2, 0.25) is 0 Å². The number of hydrogen-bond acceptors (Lipinski definition) is 4. The first-order chi connectivity index (χ1) is 12.6. The van der Waals surface area contributed by atoms with Crippen molar-refractivity contribution in [2.45, 2.75) is 6.54 Å². The molecule has 0 aromatic heterocycles. The summed E-state index contributed by atoms with van der Waals surface area (Å²) in [5, 5.41) is 0.700. The van der Waals surface area contributed by atoms with Crippen LogP contribution in [0.4, 0.5) is 0 Å². The first-order valence-electron chi connectivity index (χ1n) is 8.59. The average Bonchev–Trinajstić information content (AvgIpc) is 2.68. The average molecular weight is 375 g/mol. The summed E-state index contributed by atoms with van der Waals surface area (Å²) in [5.74, 6) is 1.47. The molecule has 0 radical (unpaired) electrons. The summed E-state index contributed by atoms with van der Waals surface area (Å²) in [6.45, 7) is 3.72. The van der Waals surface area contributed by atoms with Crippen molar-refractivity contribution in [1.29, 1.82) is 0 Å². The van der Waals surface area contributed by atoms with Crippen LogP contribution in [-0.4, -0.2) is 56.1 Å². The minimum atomic E-state index is 0.0161. The van der Waals surface area contributed by atoms with Gasteiger partial charge in [0.05, 0.1) is 19.8 Å². The lowest BCUT2D eigenvalue weighted by molar-refractivity contribution is 0.0624. The Morgan fingerprint density at radius 2 is 1.69 bits per heavy atom. The number of piperazine rings is 1. The van der Waals surface area contributed by atoms with Gasteiger partial charge in [-0.15, -0.1) is 0 Å². The van der Waals surface area contributed by atoms with E-state index in [2.05, 4.69) is 4.90 Å². The van der Waals surface area contributed by atoms with Crippen LogP contribution >= 0.6 is 11.6 Å². The Hall–Kier alpha value is -2.24. The van der Waals surface area contributed by atoms with E-state index in [4.69, 9.17) is 21.1 Å². The van der Waals surface area contributed by atoms with Gasteiger partial charge < -0.3 is 14.4 Å². The number of para-hydroxylation sites is 1. The molecule has 1 amide bonds. The molecule has 2 aromatic carbocycles. The molecule has 1 aliphatic heterocycles. The van der Waals surface area contributed by atoms with Crippen molar-refractivity contribution >= 4 is 17.5 Å². The van der Waals surface area contributed by atoms with Gasteiger partial charge in [-0.2, -0.15) is 0 Å². The topological polar surface area (TPSA) is 42.0 Å². The van der Waals surface area contributed by atoms with E-state index in [1.54, 1.807) is 14.2 Å². The van der Waals surface area contributed by atoms with Gasteiger partial charge >= 0.3 is 0 Å². The zero-order chi connectivity index (χ0) is 18.5. The van der Waals surface area contributed by atoms with E-state index < -0.39 is 0 Å². The molecule has 2 aromatic rings. The number of benzene rings is 2. The third-order valence-electron chi connectivity index (χ3n) is 4.63. The molecule has 1 aliphatic rings. The highest BCUT2D eigenvalue weighted by Gasteiger charge is 2.24. The molecule has 1 fully saturated rings. The highest BCUT2D eigenvalue weighted by atomic mass is 35.5. The van der Waals surface area contributed by atoms with Crippen LogP contribution in [0.3, 0.4) is 0 Å². The van der Waals surface area contributed by atoms with Crippen molar-refractivity contribution in [2.24, 2.45) is 0 Å². The van der Waals surface area contributed by atoms with Gasteiger partial charge in [0.15, 0.2) is 0 Å². The number of rotatable bonds is 5. The van der Waals surface area contributed by atoms with E-state index in [9.17, 15) is 4.79 Å². The Bertz CT molecular complexity index is 773. The van der Waals surface area contributed by atoms with Crippen LogP contribution < -0.4 is 9.47 Å². The number of carbonyl (C=O) groups is 1. The van der Waals surface area contributed by atoms with Gasteiger partial charge in [0.25, 0.3) is 5.91 Å². The molecule has 0 atom stereocenters. The summed E-state index contributed by atoms with van der Waals surface area (Å²) < 4.78 is 10.7. The highest BCUT2D eigenvalue weighted by Crippen LogP contribution is 2.25. The van der Waals surface area contributed by atoms with Crippen molar-refractivity contribution in [2.75, 3.05) is 40.4 Å². The normalized spacial score (nSPS) is 15.0. The van der Waals surface area contributed by atoms with E-state index in [-0.39, 0.29) is 5.91 Å². The molecule has 0 bridgehead atoms. The van der Waals surface area contributed by atoms with Crippen LogP contribution in [0.5, 0.6) is 11.5 Å². The second kappa shape index (κ2) is 8.43. The molecule has 26 heavy (non-hydrogen) atoms. The number of amides is 1. The fraction of sp³-hybridized carbons (Fsp3) is 0.350. The van der Waals surface area contributed by atoms with Crippen LogP contribution in [0.2, 0.25) is 5.02 Å². The zero-order valence-corrected chi connectivity index (χ0v) is 15.8. The molecule has 5 nitrogen and oxygen atoms in total. The van der Waals surface area contributed by atoms with Gasteiger partial charge in [-0.3, -0.25) is 9.69 Å². The van der Waals surface area contributed by atoms with Crippen molar-refractivity contribution < 1.29 is 14.3 Å². The van der Waals surface area contributed by atoms with Crippen molar-refractivity contribution in [1.82, 2.24) is 9.80 Å². The fourth-order valence-corrected chi connectivity index (χ4v) is 3.41. The maximum atomic E-state index is 12.8. The molecule has 138 valence electrons. The number of ether oxygens (including phenoxy) is 2. The first-order valence-corrected chi connectivity index (χ1v) is 8.97. The predicted molar refractivity (Wildman–Crippen MR) is 102 cm³/mol. The lowest BCUT2D eigenvalue weighted by Gasteiger charge is -2.35. The number of hydrogen-bond donors (Lipinski definition) is 0. The summed E-state index contributed by atoms with van der Waals surface area (Å²) in [5.41, 5.74) is 1.67. The molecular weight excluding hydrogens is 352 g/mol. The van der Waals surface area contributed by atoms with E-state index in [1.807, 2.05) is 47.4 Å². The van der Waals surface area contributed by atoms with E-state index in [0.717, 1.165) is 30.9 Å². The van der Waals surface area contributed by atoms with Gasteiger partial charge in [-0.25, -0.2) is 0 Å². The van der Waals surface area contributed by atoms with Crippen molar-refractivity contribution in [3.63, 3.8) is 0 Å². The molecular formula is C20H23ClN2O3. The maximum absolute atomic E-state index is 12.8. The molecule has 1 heterocycles. The van der Waals surface area contributed by atoms with Crippen molar-refractivity contribution in [3.8, 4) is 11.5 Å². The smallest absolute Gasteiger partial charge is 0.257 e. The number of halogens is 1. The fourth-order valence-electron chi connectivity index (χ4n) is 3.21. The third kappa shape index (κ3) is 4.11. The quantitative estimate of drug-likeness (QED) is 0.805. The van der Waals surface area contributed by atoms with Gasteiger partial charge in [0.1, 0.15) is 11.5 Å². The number of nitrogens with zero attached hydrogens (tertiary/aromatic N) is 2. The Kier molecular flexibility index (Phi) is 6.01. The second-order valence-corrected chi connectivity index (χ2v) is 6.66. The first kappa shape index (κ1) is 18.5. The van der Waals surface area contributed by atoms with Gasteiger partial charge in [0, 0.05) is 43.3 Å². The molecule has 0 spiro atoms. The minimum absolute atomic E-state index is 0.0161. The lowest BCUT2D eigenvalue weighted by Crippen LogP contribution is -2.48. The summed E-state index contributed by atoms with van der Waals surface area (Å²) >= 11 is 6.11. The summed E-state index contributed by atoms with van der Waals surface area (Å²) in [6, 6.07) is 13.0. The highest BCUT2D eigenvalue weighted by molar-refractivity contribution is 6.30. The largest absolute Gasteiger partial charge is 0.496 e. The standard InChI is InChI=1S/C20H23ClN2O3/c1-25-18-8-7-16(21)13-15(18)14-22-9-11-23(12-10-22)20(24)17-5-3-4-6-19(17)26-2/h3-8,13H,9-12,14H2,1-2H3. The van der Waals surface area contributed by atoms with E-state index >= 15 is 0 Å². The van der Waals surface area contributed by atoms with Crippen LogP contribution in [0, 0.1) is 0 Å². The van der Waals surface area contributed by atoms with Crippen molar-refractivity contribution in [3.05, 3.63) is 58.6 Å². The zero-order valence-electron chi connectivity index (χ0n) is 15.1. The van der Waals surface area contributed by atoms with Crippen LogP contribution in [0.1, 0.15) is 15.9 Å². The molecule has 0 aliphatic carbocycles. The molecule has 0 saturated carbocycles. The Morgan fingerprint density at radius 1 is 1.00 bits per heavy atom. The Labute approximate surface area is 159 Å². The Balaban J connectivity index is 1.63. The Morgan fingerprint density at radius 3 is 2.38 bits per heavy atom. The third-order valence-corrected chi connectivity index (χ3v) is 4.87. The predicted octanol–water partition coefficient (Wildman–Crippen LogP) is 3.32. The van der Waals surface area contributed by atoms with Crippen LogP contribution in [0.15, 0.2) is 42.5 Å². The van der Waals surface area contributed by atoms with Crippen LogP contribution in [-0.2, 0) is 6.54 Å². The molecule has 1 saturated heterocycles. The lowest BCUT2D eigenvalue weighted by atomic mass is 10.1. The summed E-state index contributed by atoms with van der Waals surface area (Å²) in [4.78, 5) is 17.0.